The van der Waals surface area contributed by atoms with Gasteiger partial charge in [-0.25, -0.2) is 12.8 Å². The van der Waals surface area contributed by atoms with E-state index in [-0.39, 0.29) is 10.5 Å². The number of sulfonamides is 1. The molecule has 156 valence electrons. The summed E-state index contributed by atoms with van der Waals surface area (Å²) in [4.78, 5) is 14.9. The zero-order valence-electron chi connectivity index (χ0n) is 16.7. The molecule has 3 rings (SSSR count). The summed E-state index contributed by atoms with van der Waals surface area (Å²) >= 11 is 0. The van der Waals surface area contributed by atoms with E-state index in [0.29, 0.717) is 18.8 Å². The number of carbonyl (C=O) groups is 1. The molecule has 0 aliphatic carbocycles. The maximum atomic E-state index is 13.5. The minimum absolute atomic E-state index is 0.124. The number of nitrogens with one attached hydrogen (secondary N) is 1. The van der Waals surface area contributed by atoms with Gasteiger partial charge in [-0.15, -0.1) is 0 Å². The van der Waals surface area contributed by atoms with Gasteiger partial charge in [-0.3, -0.25) is 4.79 Å². The van der Waals surface area contributed by atoms with Gasteiger partial charge in [0, 0.05) is 31.7 Å². The minimum atomic E-state index is -3.67. The van der Waals surface area contributed by atoms with Gasteiger partial charge in [0.25, 0.3) is 5.91 Å². The second kappa shape index (κ2) is 8.92. The fraction of sp³-hybridized carbons (Fsp3) is 0.381. The minimum Gasteiger partial charge on any atom is -0.370 e. The van der Waals surface area contributed by atoms with Gasteiger partial charge >= 0.3 is 0 Å². The number of amides is 1. The van der Waals surface area contributed by atoms with Crippen LogP contribution in [0.25, 0.3) is 0 Å². The highest BCUT2D eigenvalue weighted by Gasteiger charge is 2.25. The molecule has 2 aromatic rings. The largest absolute Gasteiger partial charge is 0.370 e. The maximum Gasteiger partial charge on any atom is 0.255 e. The molecule has 0 radical (unpaired) electrons. The van der Waals surface area contributed by atoms with Crippen LogP contribution in [0.3, 0.4) is 0 Å². The second-order valence-corrected chi connectivity index (χ2v) is 8.86. The molecule has 29 heavy (non-hydrogen) atoms. The summed E-state index contributed by atoms with van der Waals surface area (Å²) in [7, 11) is -3.67. The monoisotopic (exact) mass is 419 g/mol. The van der Waals surface area contributed by atoms with Gasteiger partial charge in [-0.2, -0.15) is 4.31 Å². The number of carbonyl (C=O) groups excluding carboxylic acids is 1. The lowest BCUT2D eigenvalue weighted by Crippen LogP contribution is -2.31. The third-order valence-corrected chi connectivity index (χ3v) is 7.14. The van der Waals surface area contributed by atoms with Crippen LogP contribution in [0.15, 0.2) is 47.4 Å². The van der Waals surface area contributed by atoms with Crippen LogP contribution in [0.2, 0.25) is 0 Å². The summed E-state index contributed by atoms with van der Waals surface area (Å²) < 4.78 is 40.7. The van der Waals surface area contributed by atoms with Crippen LogP contribution < -0.4 is 10.2 Å². The number of anilines is 2. The van der Waals surface area contributed by atoms with E-state index in [0.717, 1.165) is 37.7 Å². The lowest BCUT2D eigenvalue weighted by Gasteiger charge is -2.24. The van der Waals surface area contributed by atoms with Crippen LogP contribution in [-0.2, 0) is 10.0 Å². The molecule has 6 nitrogen and oxygen atoms in total. The van der Waals surface area contributed by atoms with Crippen molar-refractivity contribution in [3.8, 4) is 0 Å². The standard InChI is InChI=1S/C21H26FN3O3S/c1-3-25(4-2)29(27,28)18-10-11-20(24-12-5-6-13-24)19(15-18)23-21(26)16-8-7-9-17(22)14-16/h7-11,14-15H,3-6,12-13H2,1-2H3,(H,23,26). The van der Waals surface area contributed by atoms with Crippen molar-refractivity contribution < 1.29 is 17.6 Å². The van der Waals surface area contributed by atoms with Crippen molar-refractivity contribution in [2.75, 3.05) is 36.4 Å². The molecule has 1 aliphatic heterocycles. The Morgan fingerprint density at radius 1 is 1.10 bits per heavy atom. The topological polar surface area (TPSA) is 69.7 Å². The summed E-state index contributed by atoms with van der Waals surface area (Å²) in [6.45, 7) is 5.96. The van der Waals surface area contributed by atoms with Gasteiger partial charge in [0.1, 0.15) is 5.82 Å². The summed E-state index contributed by atoms with van der Waals surface area (Å²) in [6, 6.07) is 10.2. The molecular formula is C21H26FN3O3S. The van der Waals surface area contributed by atoms with Gasteiger partial charge in [0.15, 0.2) is 0 Å². The molecule has 0 saturated carbocycles. The first kappa shape index (κ1) is 21.3. The van der Waals surface area contributed by atoms with Crippen molar-refractivity contribution in [1.82, 2.24) is 4.31 Å². The molecule has 0 unspecified atom stereocenters. The summed E-state index contributed by atoms with van der Waals surface area (Å²) in [5, 5.41) is 2.79. The lowest BCUT2D eigenvalue weighted by atomic mass is 10.2. The third kappa shape index (κ3) is 4.59. The van der Waals surface area contributed by atoms with Crippen LogP contribution in [0.5, 0.6) is 0 Å². The number of halogens is 1. The van der Waals surface area contributed by atoms with Crippen LogP contribution in [0.4, 0.5) is 15.8 Å². The predicted molar refractivity (Wildman–Crippen MR) is 112 cm³/mol. The smallest absolute Gasteiger partial charge is 0.255 e. The van der Waals surface area contributed by atoms with Crippen molar-refractivity contribution in [2.45, 2.75) is 31.6 Å². The highest BCUT2D eigenvalue weighted by Crippen LogP contribution is 2.32. The molecule has 1 heterocycles. The fourth-order valence-electron chi connectivity index (χ4n) is 3.55. The van der Waals surface area contributed by atoms with E-state index in [1.165, 1.54) is 28.6 Å². The van der Waals surface area contributed by atoms with Crippen molar-refractivity contribution in [3.05, 3.63) is 53.8 Å². The summed E-state index contributed by atoms with van der Waals surface area (Å²) in [5.74, 6) is -0.988. The van der Waals surface area contributed by atoms with Crippen molar-refractivity contribution >= 4 is 27.3 Å². The highest BCUT2D eigenvalue weighted by atomic mass is 32.2. The van der Waals surface area contributed by atoms with Gasteiger partial charge in [0.05, 0.1) is 16.3 Å². The zero-order valence-corrected chi connectivity index (χ0v) is 17.5. The molecule has 2 aromatic carbocycles. The lowest BCUT2D eigenvalue weighted by molar-refractivity contribution is 0.102. The Balaban J connectivity index is 2.00. The Morgan fingerprint density at radius 2 is 1.79 bits per heavy atom. The molecule has 0 atom stereocenters. The van der Waals surface area contributed by atoms with Gasteiger partial charge < -0.3 is 10.2 Å². The SMILES string of the molecule is CCN(CC)S(=O)(=O)c1ccc(N2CCCC2)c(NC(=O)c2cccc(F)c2)c1. The molecule has 1 saturated heterocycles. The van der Waals surface area contributed by atoms with E-state index in [9.17, 15) is 17.6 Å². The highest BCUT2D eigenvalue weighted by molar-refractivity contribution is 7.89. The average Bonchev–Trinajstić information content (AvgIpc) is 3.23. The molecule has 1 aliphatic rings. The van der Waals surface area contributed by atoms with E-state index < -0.39 is 21.7 Å². The molecule has 1 N–H and O–H groups in total. The van der Waals surface area contributed by atoms with Crippen LogP contribution in [0, 0.1) is 5.82 Å². The Morgan fingerprint density at radius 3 is 2.41 bits per heavy atom. The number of benzene rings is 2. The molecular weight excluding hydrogens is 393 g/mol. The number of hydrogen-bond acceptors (Lipinski definition) is 4. The molecule has 0 aromatic heterocycles. The first-order valence-corrected chi connectivity index (χ1v) is 11.3. The van der Waals surface area contributed by atoms with Crippen molar-refractivity contribution in [3.63, 3.8) is 0 Å². The quantitative estimate of drug-likeness (QED) is 0.743. The maximum absolute atomic E-state index is 13.5. The Labute approximate surface area is 171 Å². The van der Waals surface area contributed by atoms with E-state index in [1.807, 2.05) is 0 Å². The Hall–Kier alpha value is -2.45. The molecule has 1 amide bonds. The number of hydrogen-bond donors (Lipinski definition) is 1. The van der Waals surface area contributed by atoms with E-state index in [4.69, 9.17) is 0 Å². The van der Waals surface area contributed by atoms with Crippen LogP contribution in [-0.4, -0.2) is 44.8 Å². The van der Waals surface area contributed by atoms with Gasteiger partial charge in [-0.1, -0.05) is 19.9 Å². The molecule has 0 bridgehead atoms. The Kier molecular flexibility index (Phi) is 6.54. The Bertz CT molecular complexity index is 984. The normalized spacial score (nSPS) is 14.4. The molecule has 0 spiro atoms. The summed E-state index contributed by atoms with van der Waals surface area (Å²) in [6.07, 6.45) is 2.08. The van der Waals surface area contributed by atoms with E-state index in [1.54, 1.807) is 26.0 Å². The first-order valence-electron chi connectivity index (χ1n) is 9.83. The number of nitrogens with zero attached hydrogens (tertiary/aromatic N) is 2. The first-order chi connectivity index (χ1) is 13.9. The number of rotatable bonds is 7. The van der Waals surface area contributed by atoms with Gasteiger partial charge in [-0.05, 0) is 49.2 Å². The van der Waals surface area contributed by atoms with E-state index >= 15 is 0 Å². The average molecular weight is 420 g/mol. The van der Waals surface area contributed by atoms with E-state index in [2.05, 4.69) is 10.2 Å². The van der Waals surface area contributed by atoms with Crippen molar-refractivity contribution in [2.24, 2.45) is 0 Å². The second-order valence-electron chi connectivity index (χ2n) is 6.93. The predicted octanol–water partition coefficient (Wildman–Crippen LogP) is 3.71. The van der Waals surface area contributed by atoms with Crippen molar-refractivity contribution in [1.29, 1.82) is 0 Å². The summed E-state index contributed by atoms with van der Waals surface area (Å²) in [5.41, 5.74) is 1.36. The fourth-order valence-corrected chi connectivity index (χ4v) is 5.03. The molecule has 8 heteroatoms. The van der Waals surface area contributed by atoms with Crippen LogP contribution in [0.1, 0.15) is 37.0 Å². The zero-order chi connectivity index (χ0) is 21.0. The van der Waals surface area contributed by atoms with Crippen LogP contribution >= 0.6 is 0 Å². The van der Waals surface area contributed by atoms with Gasteiger partial charge in [0.2, 0.25) is 10.0 Å². The third-order valence-electron chi connectivity index (χ3n) is 5.09. The molecule has 1 fully saturated rings.